The zero-order valence-electron chi connectivity index (χ0n) is 28.9. The van der Waals surface area contributed by atoms with Crippen molar-refractivity contribution in [2.45, 2.75) is 77.3 Å². The number of nitrogens with two attached hydrogens (primary N) is 1. The number of hydrogen-bond donors (Lipinski definition) is 3. The minimum absolute atomic E-state index is 0.0140. The normalized spacial score (nSPS) is 12.6. The third-order valence-corrected chi connectivity index (χ3v) is 7.78. The van der Waals surface area contributed by atoms with Crippen LogP contribution >= 0.6 is 0 Å². The van der Waals surface area contributed by atoms with Crippen LogP contribution in [-0.2, 0) is 48.2 Å². The Bertz CT molecular complexity index is 1500. The lowest BCUT2D eigenvalue weighted by Crippen LogP contribution is -2.59. The van der Waals surface area contributed by atoms with Crippen LogP contribution in [0.1, 0.15) is 56.2 Å². The molecule has 12 heteroatoms. The van der Waals surface area contributed by atoms with Gasteiger partial charge in [0.05, 0.1) is 7.11 Å². The molecule has 0 aromatic heterocycles. The molecule has 12 nitrogen and oxygen atoms in total. The number of nitrogens with zero attached hydrogens (tertiary/aromatic N) is 1. The van der Waals surface area contributed by atoms with E-state index in [0.717, 1.165) is 16.0 Å². The first-order chi connectivity index (χ1) is 24.1. The molecule has 3 aromatic rings. The predicted octanol–water partition coefficient (Wildman–Crippen LogP) is 4.89. The number of ether oxygens (including phenoxy) is 3. The van der Waals surface area contributed by atoms with Crippen LogP contribution in [0.25, 0.3) is 0 Å². The Kier molecular flexibility index (Phi) is 16.5. The van der Waals surface area contributed by atoms with E-state index in [0.29, 0.717) is 24.9 Å². The topological polar surface area (TPSA) is 166 Å². The van der Waals surface area contributed by atoms with Crippen molar-refractivity contribution in [1.82, 2.24) is 15.5 Å². The number of alkyl carbamates (subject to hydrolysis) is 1. The number of amides is 4. The Morgan fingerprint density at radius 1 is 0.720 bits per heavy atom. The van der Waals surface area contributed by atoms with Gasteiger partial charge in [0, 0.05) is 6.42 Å². The Morgan fingerprint density at radius 3 is 1.78 bits per heavy atom. The van der Waals surface area contributed by atoms with Gasteiger partial charge in [-0.15, -0.1) is 0 Å². The van der Waals surface area contributed by atoms with Crippen molar-refractivity contribution < 1.29 is 38.2 Å². The molecular weight excluding hydrogens is 640 g/mol. The lowest BCUT2D eigenvalue weighted by atomic mass is 9.99. The number of nitrogens with one attached hydrogen (secondary N) is 2. The van der Waals surface area contributed by atoms with Gasteiger partial charge in [-0.05, 0) is 54.8 Å². The summed E-state index contributed by atoms with van der Waals surface area (Å²) in [4.78, 5) is 68.8. The lowest BCUT2D eigenvalue weighted by Gasteiger charge is -2.32. The molecule has 0 heterocycles. The molecule has 0 spiro atoms. The summed E-state index contributed by atoms with van der Waals surface area (Å²) in [6.45, 7) is 3.87. The molecule has 3 aromatic carbocycles. The minimum Gasteiger partial charge on any atom is -0.467 e. The number of imide groups is 1. The Hall–Kier alpha value is -5.23. The van der Waals surface area contributed by atoms with E-state index in [1.54, 1.807) is 60.7 Å². The average molecular weight is 689 g/mol. The van der Waals surface area contributed by atoms with Crippen molar-refractivity contribution >= 4 is 30.0 Å². The fourth-order valence-electron chi connectivity index (χ4n) is 5.23. The fourth-order valence-corrected chi connectivity index (χ4v) is 5.23. The van der Waals surface area contributed by atoms with Crippen molar-refractivity contribution in [3.63, 3.8) is 0 Å². The van der Waals surface area contributed by atoms with E-state index < -0.39 is 48.1 Å². The van der Waals surface area contributed by atoms with E-state index in [1.165, 1.54) is 7.11 Å². The molecule has 0 unspecified atom stereocenters. The van der Waals surface area contributed by atoms with Gasteiger partial charge in [0.15, 0.2) is 0 Å². The van der Waals surface area contributed by atoms with E-state index in [9.17, 15) is 24.0 Å². The summed E-state index contributed by atoms with van der Waals surface area (Å²) in [7, 11) is 1.17. The smallest absolute Gasteiger partial charge is 0.417 e. The lowest BCUT2D eigenvalue weighted by molar-refractivity contribution is -0.153. The van der Waals surface area contributed by atoms with Crippen molar-refractivity contribution in [2.75, 3.05) is 13.7 Å². The van der Waals surface area contributed by atoms with Crippen LogP contribution in [0.5, 0.6) is 0 Å². The van der Waals surface area contributed by atoms with Gasteiger partial charge in [-0.2, -0.15) is 0 Å². The molecule has 0 saturated heterocycles. The standard InChI is InChI=1S/C38H48N4O8/c1-27(2)23-32(35(44)42(33(36(45)48-3)21-13-14-22-39)38(47)50-26-30-19-11-6-12-20-30)40-34(43)31(24-28-15-7-4-8-16-28)41-37(46)49-25-29-17-9-5-10-18-29/h4-12,15-20,27,31-33H,13-14,21-26,39H2,1-3H3,(H,40,43)(H,41,46)/t31-,32-,33+/m1/s1. The van der Waals surface area contributed by atoms with Crippen molar-refractivity contribution in [3.05, 3.63) is 108 Å². The zero-order valence-corrected chi connectivity index (χ0v) is 28.9. The van der Waals surface area contributed by atoms with Gasteiger partial charge in [0.2, 0.25) is 5.91 Å². The first kappa shape index (κ1) is 39.2. The summed E-state index contributed by atoms with van der Waals surface area (Å²) in [5.74, 6) is -2.47. The molecule has 268 valence electrons. The molecule has 0 radical (unpaired) electrons. The molecule has 50 heavy (non-hydrogen) atoms. The van der Waals surface area contributed by atoms with Crippen LogP contribution in [0.15, 0.2) is 91.0 Å². The summed E-state index contributed by atoms with van der Waals surface area (Å²) >= 11 is 0. The summed E-state index contributed by atoms with van der Waals surface area (Å²) in [5, 5.41) is 5.39. The van der Waals surface area contributed by atoms with E-state index in [4.69, 9.17) is 19.9 Å². The molecule has 0 aliphatic carbocycles. The van der Waals surface area contributed by atoms with E-state index in [2.05, 4.69) is 10.6 Å². The van der Waals surface area contributed by atoms with Gasteiger partial charge in [-0.1, -0.05) is 105 Å². The third-order valence-electron chi connectivity index (χ3n) is 7.78. The average Bonchev–Trinajstić information content (AvgIpc) is 3.12. The van der Waals surface area contributed by atoms with Gasteiger partial charge in [-0.3, -0.25) is 9.59 Å². The maximum Gasteiger partial charge on any atom is 0.417 e. The number of benzene rings is 3. The van der Waals surface area contributed by atoms with Crippen LogP contribution in [0.3, 0.4) is 0 Å². The van der Waals surface area contributed by atoms with Crippen LogP contribution < -0.4 is 16.4 Å². The minimum atomic E-state index is -1.33. The SMILES string of the molecule is COC(=O)[C@H](CCCCN)N(C(=O)OCc1ccccc1)C(=O)[C@@H](CC(C)C)NC(=O)[C@@H](Cc1ccccc1)NC(=O)OCc1ccccc1. The second kappa shape index (κ2) is 21.0. The number of hydrogen-bond acceptors (Lipinski definition) is 9. The summed E-state index contributed by atoms with van der Waals surface area (Å²) in [5.41, 5.74) is 7.87. The number of rotatable bonds is 18. The van der Waals surface area contributed by atoms with Gasteiger partial charge in [0.1, 0.15) is 31.3 Å². The second-order valence-corrected chi connectivity index (χ2v) is 12.2. The molecule has 0 fully saturated rings. The fraction of sp³-hybridized carbons (Fsp3) is 0.395. The van der Waals surface area contributed by atoms with Crippen LogP contribution in [0.4, 0.5) is 9.59 Å². The highest BCUT2D eigenvalue weighted by Crippen LogP contribution is 2.19. The molecule has 0 bridgehead atoms. The largest absolute Gasteiger partial charge is 0.467 e. The summed E-state index contributed by atoms with van der Waals surface area (Å²) in [6, 6.07) is 23.3. The molecule has 3 rings (SSSR count). The number of esters is 1. The zero-order chi connectivity index (χ0) is 36.3. The van der Waals surface area contributed by atoms with Gasteiger partial charge < -0.3 is 30.6 Å². The van der Waals surface area contributed by atoms with E-state index >= 15 is 0 Å². The number of methoxy groups -OCH3 is 1. The molecule has 0 saturated carbocycles. The maximum atomic E-state index is 14.4. The van der Waals surface area contributed by atoms with Crippen LogP contribution in [-0.4, -0.2) is 66.7 Å². The second-order valence-electron chi connectivity index (χ2n) is 12.2. The first-order valence-electron chi connectivity index (χ1n) is 16.8. The Balaban J connectivity index is 1.90. The Morgan fingerprint density at radius 2 is 1.26 bits per heavy atom. The first-order valence-corrected chi connectivity index (χ1v) is 16.8. The molecule has 0 aliphatic heterocycles. The highest BCUT2D eigenvalue weighted by atomic mass is 16.6. The summed E-state index contributed by atoms with van der Waals surface area (Å²) < 4.78 is 15.9. The monoisotopic (exact) mass is 688 g/mol. The molecule has 0 aliphatic rings. The predicted molar refractivity (Wildman–Crippen MR) is 187 cm³/mol. The third kappa shape index (κ3) is 13.0. The summed E-state index contributed by atoms with van der Waals surface area (Å²) in [6.07, 6.45) is -0.663. The molecule has 4 amide bonds. The van der Waals surface area contributed by atoms with Gasteiger partial charge in [0.25, 0.3) is 5.91 Å². The molecule has 4 N–H and O–H groups in total. The maximum absolute atomic E-state index is 14.4. The van der Waals surface area contributed by atoms with Gasteiger partial charge in [-0.25, -0.2) is 19.3 Å². The quantitative estimate of drug-likeness (QED) is 0.0958. The van der Waals surface area contributed by atoms with Crippen LogP contribution in [0, 0.1) is 5.92 Å². The highest BCUT2D eigenvalue weighted by molar-refractivity contribution is 6.01. The van der Waals surface area contributed by atoms with E-state index in [1.807, 2.05) is 44.2 Å². The van der Waals surface area contributed by atoms with Crippen molar-refractivity contribution in [2.24, 2.45) is 11.7 Å². The Labute approximate surface area is 293 Å². The van der Waals surface area contributed by atoms with Gasteiger partial charge >= 0.3 is 18.2 Å². The van der Waals surface area contributed by atoms with Crippen molar-refractivity contribution in [3.8, 4) is 0 Å². The van der Waals surface area contributed by atoms with Crippen LogP contribution in [0.2, 0.25) is 0 Å². The number of carbonyl (C=O) groups is 5. The highest BCUT2D eigenvalue weighted by Gasteiger charge is 2.41. The molecular formula is C38H48N4O8. The van der Waals surface area contributed by atoms with Crippen molar-refractivity contribution in [1.29, 1.82) is 0 Å². The number of unbranched alkanes of at least 4 members (excludes halogenated alkanes) is 1. The number of carbonyl (C=O) groups excluding carboxylic acids is 5. The van der Waals surface area contributed by atoms with E-state index in [-0.39, 0.29) is 38.4 Å². The molecule has 3 atom stereocenters.